The number of hydrogen-bond acceptors (Lipinski definition) is 7. The Morgan fingerprint density at radius 2 is 1.54 bits per heavy atom. The van der Waals surface area contributed by atoms with Crippen molar-refractivity contribution in [3.8, 4) is 0 Å². The van der Waals surface area contributed by atoms with E-state index in [1.54, 1.807) is 44.1 Å². The van der Waals surface area contributed by atoms with Gasteiger partial charge in [0.05, 0.1) is 16.6 Å². The van der Waals surface area contributed by atoms with Crippen LogP contribution in [0, 0.1) is 12.7 Å². The molecule has 1 atom stereocenters. The molecule has 50 heavy (non-hydrogen) atoms. The fourth-order valence-corrected chi connectivity index (χ4v) is 6.49. The molecule has 6 rings (SSSR count). The topological polar surface area (TPSA) is 147 Å². The lowest BCUT2D eigenvalue weighted by molar-refractivity contribution is -0.133. The molecule has 5 aromatic rings. The van der Waals surface area contributed by atoms with E-state index in [1.807, 2.05) is 44.2 Å². The number of carboxylic acids is 1. The third kappa shape index (κ3) is 6.46. The highest BCUT2D eigenvalue weighted by Gasteiger charge is 2.31. The van der Waals surface area contributed by atoms with E-state index in [0.29, 0.717) is 29.6 Å². The number of pyridine rings is 3. The van der Waals surface area contributed by atoms with Crippen LogP contribution < -0.4 is 21.1 Å². The number of aromatic carboxylic acids is 1. The van der Waals surface area contributed by atoms with Crippen molar-refractivity contribution in [2.24, 2.45) is 0 Å². The molecule has 1 aliphatic heterocycles. The van der Waals surface area contributed by atoms with E-state index in [-0.39, 0.29) is 55.1 Å². The van der Waals surface area contributed by atoms with Gasteiger partial charge in [-0.3, -0.25) is 19.2 Å². The van der Waals surface area contributed by atoms with E-state index >= 15 is 4.39 Å². The lowest BCUT2D eigenvalue weighted by Crippen LogP contribution is -2.56. The highest BCUT2D eigenvalue weighted by molar-refractivity contribution is 5.99. The predicted octanol–water partition coefficient (Wildman–Crippen LogP) is 3.59. The van der Waals surface area contributed by atoms with Crippen LogP contribution in [0.2, 0.25) is 0 Å². The smallest absolute Gasteiger partial charge is 0.341 e. The summed E-state index contributed by atoms with van der Waals surface area (Å²) in [5.74, 6) is -3.06. The molecule has 2 N–H and O–H groups in total. The molecule has 0 spiro atoms. The summed E-state index contributed by atoms with van der Waals surface area (Å²) in [6.07, 6.45) is 2.93. The molecule has 2 amide bonds. The van der Waals surface area contributed by atoms with Crippen molar-refractivity contribution >= 4 is 45.4 Å². The standard InChI is InChI=1S/C37H37FN6O6/c1-4-41-21-27(37(49)50)33(46)25-18-28(38)31(19-30(25)41)43-13-15-44(16-14-43)36(48)29(17-23-9-7-6-8-10-23)40-35(47)26-20-42(5-2)34-24(32(26)45)12-11-22(3)39-34/h6-12,18-21,29H,4-5,13-17H2,1-3H3,(H,40,47)(H,49,50)/t29-/m0/s1. The number of aryl methyl sites for hydroxylation is 3. The fourth-order valence-electron chi connectivity index (χ4n) is 6.49. The van der Waals surface area contributed by atoms with Gasteiger partial charge in [0, 0.05) is 69.2 Å². The number of rotatable bonds is 9. The van der Waals surface area contributed by atoms with Crippen LogP contribution in [0.3, 0.4) is 0 Å². The molecule has 258 valence electrons. The summed E-state index contributed by atoms with van der Waals surface area (Å²) in [4.78, 5) is 73.5. The number of anilines is 1. The van der Waals surface area contributed by atoms with Gasteiger partial charge in [-0.05, 0) is 50.6 Å². The zero-order valence-corrected chi connectivity index (χ0v) is 28.0. The van der Waals surface area contributed by atoms with Crippen LogP contribution in [-0.2, 0) is 24.3 Å². The number of carboxylic acid groups (broad SMARTS) is 1. The van der Waals surface area contributed by atoms with Gasteiger partial charge in [0.2, 0.25) is 16.8 Å². The maximum Gasteiger partial charge on any atom is 0.341 e. The SMILES string of the molecule is CCn1cc(C(=O)O)c(=O)c2cc(F)c(N3CCN(C(=O)[C@H](Cc4ccccc4)NC(=O)c4cn(CC)c5nc(C)ccc5c4=O)CC3)cc21. The van der Waals surface area contributed by atoms with Crippen LogP contribution in [0.25, 0.3) is 21.9 Å². The number of benzene rings is 2. The minimum absolute atomic E-state index is 0.0233. The van der Waals surface area contributed by atoms with Gasteiger partial charge in [0.25, 0.3) is 5.91 Å². The molecule has 3 aromatic heterocycles. The van der Waals surface area contributed by atoms with Crippen molar-refractivity contribution < 1.29 is 23.9 Å². The average Bonchev–Trinajstić information content (AvgIpc) is 3.11. The van der Waals surface area contributed by atoms with Crippen molar-refractivity contribution in [2.75, 3.05) is 31.1 Å². The Bertz CT molecular complexity index is 2260. The van der Waals surface area contributed by atoms with E-state index in [2.05, 4.69) is 10.3 Å². The lowest BCUT2D eigenvalue weighted by atomic mass is 10.0. The number of halogens is 1. The Hall–Kier alpha value is -5.85. The van der Waals surface area contributed by atoms with Crippen LogP contribution in [0.1, 0.15) is 45.8 Å². The first-order valence-electron chi connectivity index (χ1n) is 16.5. The second kappa shape index (κ2) is 13.9. The quantitative estimate of drug-likeness (QED) is 0.240. The highest BCUT2D eigenvalue weighted by Crippen LogP contribution is 2.27. The lowest BCUT2D eigenvalue weighted by Gasteiger charge is -2.38. The summed E-state index contributed by atoms with van der Waals surface area (Å²) < 4.78 is 18.8. The van der Waals surface area contributed by atoms with Crippen LogP contribution >= 0.6 is 0 Å². The number of fused-ring (bicyclic) bond motifs is 2. The number of nitrogens with one attached hydrogen (secondary N) is 1. The van der Waals surface area contributed by atoms with Gasteiger partial charge in [-0.25, -0.2) is 14.2 Å². The molecular weight excluding hydrogens is 643 g/mol. The molecule has 0 unspecified atom stereocenters. The summed E-state index contributed by atoms with van der Waals surface area (Å²) >= 11 is 0. The molecule has 0 radical (unpaired) electrons. The zero-order chi connectivity index (χ0) is 35.7. The van der Waals surface area contributed by atoms with Gasteiger partial charge < -0.3 is 29.4 Å². The maximum atomic E-state index is 15.5. The van der Waals surface area contributed by atoms with Gasteiger partial charge in [-0.2, -0.15) is 0 Å². The molecule has 1 saturated heterocycles. The molecule has 4 heterocycles. The third-order valence-corrected chi connectivity index (χ3v) is 9.18. The number of hydrogen-bond donors (Lipinski definition) is 2. The number of carbonyl (C=O) groups is 3. The highest BCUT2D eigenvalue weighted by atomic mass is 19.1. The molecule has 1 fully saturated rings. The zero-order valence-electron chi connectivity index (χ0n) is 28.0. The number of piperazine rings is 1. The average molecular weight is 681 g/mol. The van der Waals surface area contributed by atoms with Gasteiger partial charge in [-0.1, -0.05) is 30.3 Å². The van der Waals surface area contributed by atoms with Crippen molar-refractivity contribution in [1.82, 2.24) is 24.3 Å². The molecular formula is C37H37FN6O6. The van der Waals surface area contributed by atoms with E-state index in [1.165, 1.54) is 12.4 Å². The first kappa shape index (κ1) is 34.0. The molecule has 2 aromatic carbocycles. The summed E-state index contributed by atoms with van der Waals surface area (Å²) in [6.45, 7) is 7.32. The second-order valence-electron chi connectivity index (χ2n) is 12.3. The van der Waals surface area contributed by atoms with E-state index in [9.17, 15) is 29.1 Å². The molecule has 0 saturated carbocycles. The van der Waals surface area contributed by atoms with Crippen molar-refractivity contribution in [3.63, 3.8) is 0 Å². The molecule has 0 bridgehead atoms. The van der Waals surface area contributed by atoms with Crippen LogP contribution in [0.15, 0.2) is 76.6 Å². The summed E-state index contributed by atoms with van der Waals surface area (Å²) in [5.41, 5.74) is 0.932. The Balaban J connectivity index is 1.25. The first-order chi connectivity index (χ1) is 24.0. The number of nitrogens with zero attached hydrogens (tertiary/aromatic N) is 5. The third-order valence-electron chi connectivity index (χ3n) is 9.18. The Morgan fingerprint density at radius 1 is 0.880 bits per heavy atom. The molecule has 0 aliphatic carbocycles. The van der Waals surface area contributed by atoms with Crippen LogP contribution in [0.5, 0.6) is 0 Å². The van der Waals surface area contributed by atoms with E-state index < -0.39 is 40.2 Å². The van der Waals surface area contributed by atoms with Crippen molar-refractivity contribution in [2.45, 2.75) is 46.3 Å². The largest absolute Gasteiger partial charge is 0.477 e. The summed E-state index contributed by atoms with van der Waals surface area (Å²) in [6, 6.07) is 14.3. The molecule has 1 aliphatic rings. The van der Waals surface area contributed by atoms with E-state index in [0.717, 1.165) is 17.3 Å². The van der Waals surface area contributed by atoms with E-state index in [4.69, 9.17) is 0 Å². The number of aromatic nitrogens is 3. The van der Waals surface area contributed by atoms with Gasteiger partial charge in [0.1, 0.15) is 28.6 Å². The predicted molar refractivity (Wildman–Crippen MR) is 187 cm³/mol. The van der Waals surface area contributed by atoms with Crippen LogP contribution in [-0.4, -0.2) is 74.1 Å². The number of amides is 2. The minimum Gasteiger partial charge on any atom is -0.477 e. The van der Waals surface area contributed by atoms with Gasteiger partial charge in [0.15, 0.2) is 0 Å². The monoisotopic (exact) mass is 680 g/mol. The molecule has 13 heteroatoms. The van der Waals surface area contributed by atoms with Crippen molar-refractivity contribution in [1.29, 1.82) is 0 Å². The number of carbonyl (C=O) groups excluding carboxylic acids is 2. The normalized spacial score (nSPS) is 13.8. The second-order valence-corrected chi connectivity index (χ2v) is 12.3. The first-order valence-corrected chi connectivity index (χ1v) is 16.5. The van der Waals surface area contributed by atoms with Crippen molar-refractivity contribution in [3.05, 3.63) is 116 Å². The van der Waals surface area contributed by atoms with Gasteiger partial charge >= 0.3 is 5.97 Å². The molecule has 12 nitrogen and oxygen atoms in total. The van der Waals surface area contributed by atoms with Gasteiger partial charge in [-0.15, -0.1) is 0 Å². The Kier molecular flexibility index (Phi) is 9.49. The summed E-state index contributed by atoms with van der Waals surface area (Å²) in [5, 5.41) is 12.6. The Morgan fingerprint density at radius 3 is 2.20 bits per heavy atom. The summed E-state index contributed by atoms with van der Waals surface area (Å²) in [7, 11) is 0. The van der Waals surface area contributed by atoms with Crippen LogP contribution in [0.4, 0.5) is 10.1 Å². The minimum atomic E-state index is -1.38. The maximum absolute atomic E-state index is 15.5. The fraction of sp³-hybridized carbons (Fsp3) is 0.297. The Labute approximate surface area is 286 Å².